The first kappa shape index (κ1) is 57.7. The summed E-state index contributed by atoms with van der Waals surface area (Å²) in [5, 5.41) is 10.8. The van der Waals surface area contributed by atoms with E-state index in [0.717, 1.165) is 25.7 Å². The van der Waals surface area contributed by atoms with Gasteiger partial charge in [0.05, 0.1) is 28.1 Å². The number of likely N-dealkylation sites (N-methyl/N-ethyl adjacent to an activating group) is 2. The van der Waals surface area contributed by atoms with Crippen molar-refractivity contribution in [2.75, 3.05) is 29.5 Å². The summed E-state index contributed by atoms with van der Waals surface area (Å²) < 4.78 is 92.8. The average molecular weight is 1170 g/mol. The Balaban J connectivity index is 0.000000155. The molecule has 4 amide bonds. The molecule has 6 aromatic rings. The molecule has 8 atom stereocenters. The van der Waals surface area contributed by atoms with Crippen LogP contribution in [0.25, 0.3) is 22.3 Å². The quantitative estimate of drug-likeness (QED) is 0.0573. The van der Waals surface area contributed by atoms with Gasteiger partial charge in [0.25, 0.3) is 11.8 Å². The Bertz CT molecular complexity index is 3650. The number of urea groups is 1. The zero-order chi connectivity index (χ0) is 58.3. The second kappa shape index (κ2) is 23.0. The number of sulfonamides is 2. The molecule has 2 aliphatic carbocycles. The molecule has 0 unspecified atom stereocenters. The summed E-state index contributed by atoms with van der Waals surface area (Å²) in [6.45, 7) is 11.8. The van der Waals surface area contributed by atoms with Gasteiger partial charge in [-0.25, -0.2) is 65.8 Å². The van der Waals surface area contributed by atoms with Crippen molar-refractivity contribution in [3.63, 3.8) is 0 Å². The molecule has 436 valence electrons. The molecule has 6 aliphatic rings. The number of benzene rings is 2. The van der Waals surface area contributed by atoms with Crippen molar-refractivity contribution in [2.24, 2.45) is 4.99 Å². The number of hydrogen-bond donors (Lipinski definition) is 7. The molecule has 4 aliphatic heterocycles. The lowest BCUT2D eigenvalue weighted by molar-refractivity contribution is -0.198. The van der Waals surface area contributed by atoms with Crippen LogP contribution in [0.3, 0.4) is 0 Å². The average Bonchev–Trinajstić information content (AvgIpc) is 2.53. The summed E-state index contributed by atoms with van der Waals surface area (Å²) in [7, 11) is -7.02. The van der Waals surface area contributed by atoms with Crippen LogP contribution in [0.5, 0.6) is 0 Å². The standard InChI is InChI=1S/C25H30N8O7S.C15H20N6O4.C10H10N2O3S/c1-4-26-22(34)18-17-19(40-25(2,3)39-17)23(38-18)33-12-29-16-20(27-11-28-21(16)33)31-24(35)30-13-7-9-15(10-8-13)41(36,37)32-14-5-6-14;1-4-17-13(22)9-8-10(25-15(2,3)24-8)14(23-9)21-6-20-7-11(16)18-5-19-12(7)21;13-7-11-8-3-5-10(6-4-8)16(14,15)12-9-1-2-9/h7-12,14,17-19,23,32H,4-6H2,1-3H3,(H,26,34)(H2,27,28,30,31,35);5-6,8-10,14H,4H2,1-3H3,(H,17,22)(H2,16,18,19);3-6,9,12H,1-2H2/t17-,18+,19-,23-;8-,9+,10-,14-;/m11./s1. The monoisotopic (exact) mass is 1170 g/mol. The van der Waals surface area contributed by atoms with E-state index in [0.29, 0.717) is 41.3 Å². The van der Waals surface area contributed by atoms with E-state index in [2.05, 4.69) is 65.6 Å². The molecule has 2 saturated carbocycles. The van der Waals surface area contributed by atoms with E-state index in [4.69, 9.17) is 34.2 Å². The normalized spacial score (nSPS) is 24.9. The third-order valence-electron chi connectivity index (χ3n) is 13.3. The van der Waals surface area contributed by atoms with Crippen molar-refractivity contribution < 1.29 is 64.4 Å². The number of fused-ring (bicyclic) bond motifs is 4. The van der Waals surface area contributed by atoms with Gasteiger partial charge in [-0.15, -0.1) is 0 Å². The van der Waals surface area contributed by atoms with Crippen molar-refractivity contribution >= 4 is 89.3 Å². The Labute approximate surface area is 469 Å². The van der Waals surface area contributed by atoms with Crippen molar-refractivity contribution in [3.05, 3.63) is 73.8 Å². The fourth-order valence-electron chi connectivity index (χ4n) is 9.48. The summed E-state index contributed by atoms with van der Waals surface area (Å²) in [4.78, 5) is 76.8. The Morgan fingerprint density at radius 2 is 1.09 bits per heavy atom. The maximum atomic E-state index is 12.8. The summed E-state index contributed by atoms with van der Waals surface area (Å²) in [5.41, 5.74) is 8.24. The van der Waals surface area contributed by atoms with Crippen LogP contribution in [0, 0.1) is 0 Å². The lowest BCUT2D eigenvalue weighted by Crippen LogP contribution is -2.42. The third kappa shape index (κ3) is 12.6. The highest BCUT2D eigenvalue weighted by molar-refractivity contribution is 7.89. The fraction of sp³-hybridized carbons (Fsp3) is 0.480. The number of rotatable bonds is 15. The molecular weight excluding hydrogens is 1110 g/mol. The van der Waals surface area contributed by atoms with E-state index < -0.39 is 86.7 Å². The van der Waals surface area contributed by atoms with Crippen molar-refractivity contribution in [2.45, 2.75) is 150 Å². The van der Waals surface area contributed by atoms with Crippen LogP contribution in [0.15, 0.2) is 88.6 Å². The zero-order valence-electron chi connectivity index (χ0n) is 45.1. The van der Waals surface area contributed by atoms with Gasteiger partial charge < -0.3 is 50.1 Å². The minimum atomic E-state index is -3.60. The molecule has 0 spiro atoms. The smallest absolute Gasteiger partial charge is 0.324 e. The summed E-state index contributed by atoms with van der Waals surface area (Å²) in [6, 6.07) is 11.1. The van der Waals surface area contributed by atoms with E-state index >= 15 is 0 Å². The molecule has 32 heteroatoms. The van der Waals surface area contributed by atoms with Gasteiger partial charge in [0.1, 0.15) is 42.6 Å². The zero-order valence-corrected chi connectivity index (χ0v) is 46.7. The molecule has 6 fully saturated rings. The van der Waals surface area contributed by atoms with Crippen molar-refractivity contribution in [1.29, 1.82) is 0 Å². The first-order chi connectivity index (χ1) is 39.1. The van der Waals surface area contributed by atoms with Crippen LogP contribution in [-0.4, -0.2) is 153 Å². The van der Waals surface area contributed by atoms with Crippen LogP contribution in [-0.2, 0) is 62.9 Å². The van der Waals surface area contributed by atoms with E-state index in [1.807, 2.05) is 27.7 Å². The number of anilines is 3. The number of carbonyl (C=O) groups excluding carboxylic acids is 4. The SMILES string of the molecule is CCNC(=O)[C@H]1O[C@@H](n2cnc3c(N)ncnc32)[C@@H]2OC(C)(C)O[C@@H]21.CCNC(=O)[C@H]1O[C@@H](n2cnc3c(NC(=O)Nc4ccc(S(=O)(=O)NC5CC5)cc4)ncnc32)[C@@H]2OC(C)(C)O[C@@H]21.O=C=Nc1ccc(S(=O)(=O)NC2CC2)cc1. The van der Waals surface area contributed by atoms with Crippen molar-refractivity contribution in [1.82, 2.24) is 59.1 Å². The predicted octanol–water partition coefficient (Wildman–Crippen LogP) is 2.52. The van der Waals surface area contributed by atoms with Crippen LogP contribution >= 0.6 is 0 Å². The Kier molecular flexibility index (Phi) is 16.2. The van der Waals surface area contributed by atoms with E-state index in [1.54, 1.807) is 29.3 Å². The number of aliphatic imine (C=N–C) groups is 1. The molecule has 4 aromatic heterocycles. The van der Waals surface area contributed by atoms with Gasteiger partial charge in [0.15, 0.2) is 64.7 Å². The highest BCUT2D eigenvalue weighted by atomic mass is 32.2. The summed E-state index contributed by atoms with van der Waals surface area (Å²) in [5.74, 6) is -1.87. The number of nitrogens with one attached hydrogen (secondary N) is 6. The van der Waals surface area contributed by atoms with E-state index in [1.165, 1.54) is 73.6 Å². The number of aromatic nitrogens is 8. The second-order valence-electron chi connectivity index (χ2n) is 20.5. The van der Waals surface area contributed by atoms with Crippen LogP contribution in [0.1, 0.15) is 79.7 Å². The predicted molar refractivity (Wildman–Crippen MR) is 288 cm³/mol. The fourth-order valence-corrected chi connectivity index (χ4v) is 12.1. The van der Waals surface area contributed by atoms with Crippen LogP contribution in [0.4, 0.5) is 27.8 Å². The Hall–Kier alpha value is -7.49. The van der Waals surface area contributed by atoms with E-state index in [9.17, 15) is 36.0 Å². The number of nitrogens with two attached hydrogens (primary N) is 1. The number of carbonyl (C=O) groups is 3. The highest BCUT2D eigenvalue weighted by Crippen LogP contribution is 2.45. The Morgan fingerprint density at radius 1 is 0.634 bits per heavy atom. The van der Waals surface area contributed by atoms with Gasteiger partial charge in [-0.1, -0.05) is 0 Å². The first-order valence-corrected chi connectivity index (χ1v) is 29.1. The summed E-state index contributed by atoms with van der Waals surface area (Å²) >= 11 is 0. The number of nitrogens with zero attached hydrogens (tertiary/aromatic N) is 9. The summed E-state index contributed by atoms with van der Waals surface area (Å²) in [6.07, 6.45) is 5.19. The van der Waals surface area contributed by atoms with Gasteiger partial charge >= 0.3 is 6.03 Å². The molecule has 12 rings (SSSR count). The minimum Gasteiger partial charge on any atom is -0.382 e. The van der Waals surface area contributed by atoms with Gasteiger partial charge in [0.2, 0.25) is 26.1 Å². The molecule has 2 aromatic carbocycles. The van der Waals surface area contributed by atoms with E-state index in [-0.39, 0.29) is 50.8 Å². The molecule has 30 nitrogen and oxygen atoms in total. The van der Waals surface area contributed by atoms with Gasteiger partial charge in [-0.05, 0) is 116 Å². The topological polar surface area (TPSA) is 390 Å². The molecule has 4 saturated heterocycles. The van der Waals surface area contributed by atoms with Gasteiger partial charge in [0, 0.05) is 30.9 Å². The molecule has 0 bridgehead atoms. The number of isocyanates is 1. The second-order valence-corrected chi connectivity index (χ2v) is 24.0. The lowest BCUT2D eigenvalue weighted by Gasteiger charge is -2.24. The number of hydrogen-bond acceptors (Lipinski definition) is 22. The molecule has 0 radical (unpaired) electrons. The number of ether oxygens (including phenoxy) is 6. The lowest BCUT2D eigenvalue weighted by atomic mass is 10.1. The van der Waals surface area contributed by atoms with Gasteiger partial charge in [-0.3, -0.25) is 24.0 Å². The van der Waals surface area contributed by atoms with Crippen molar-refractivity contribution in [3.8, 4) is 0 Å². The molecule has 8 N–H and O–H groups in total. The minimum absolute atomic E-state index is 0.00809. The van der Waals surface area contributed by atoms with Crippen LogP contribution in [0.2, 0.25) is 0 Å². The molecule has 82 heavy (non-hydrogen) atoms. The maximum absolute atomic E-state index is 12.8. The number of imidazole rings is 2. The Morgan fingerprint density at radius 3 is 1.56 bits per heavy atom. The molecule has 8 heterocycles. The third-order valence-corrected chi connectivity index (χ3v) is 16.4. The maximum Gasteiger partial charge on any atom is 0.324 e. The first-order valence-electron chi connectivity index (χ1n) is 26.2. The highest BCUT2D eigenvalue weighted by Gasteiger charge is 2.59. The van der Waals surface area contributed by atoms with Crippen LogP contribution < -0.4 is 36.4 Å². The van der Waals surface area contributed by atoms with Gasteiger partial charge in [-0.2, -0.15) is 4.99 Å². The number of nitrogen functional groups attached to an aromatic ring is 1. The largest absolute Gasteiger partial charge is 0.382 e. The number of amides is 4. The molecular formula is C50H60N16O14S2.